The molecule has 6 heteroatoms. The largest absolute Gasteiger partial charge is 0.487 e. The Morgan fingerprint density at radius 2 is 2.29 bits per heavy atom. The van der Waals surface area contributed by atoms with Gasteiger partial charge in [-0.25, -0.2) is 4.98 Å². The molecule has 1 amide bonds. The second-order valence-electron chi connectivity index (χ2n) is 6.15. The standard InChI is InChI=1S/C18H24N2O3S/c1-4-13(2)18(3,22)11-19-17(21)14-6-5-7-16(8-14)23-9-15-10-24-12-20-15/h5-8,10,12-13,22H,4,9,11H2,1-3H3,(H,19,21). The molecule has 2 unspecified atom stereocenters. The highest BCUT2D eigenvalue weighted by Gasteiger charge is 2.27. The van der Waals surface area contributed by atoms with Crippen LogP contribution < -0.4 is 10.1 Å². The number of hydrogen-bond acceptors (Lipinski definition) is 5. The summed E-state index contributed by atoms with van der Waals surface area (Å²) in [6, 6.07) is 7.00. The second kappa shape index (κ2) is 8.26. The highest BCUT2D eigenvalue weighted by Crippen LogP contribution is 2.19. The van der Waals surface area contributed by atoms with E-state index >= 15 is 0 Å². The maximum absolute atomic E-state index is 12.3. The van der Waals surface area contributed by atoms with Gasteiger partial charge < -0.3 is 15.2 Å². The first kappa shape index (κ1) is 18.4. The minimum atomic E-state index is -0.927. The maximum Gasteiger partial charge on any atom is 0.251 e. The zero-order valence-electron chi connectivity index (χ0n) is 14.3. The Hall–Kier alpha value is -1.92. The number of ether oxygens (including phenoxy) is 1. The number of thiazole rings is 1. The molecule has 130 valence electrons. The molecule has 2 atom stereocenters. The number of nitrogens with one attached hydrogen (secondary N) is 1. The van der Waals surface area contributed by atoms with Crippen LogP contribution in [-0.2, 0) is 6.61 Å². The Labute approximate surface area is 146 Å². The van der Waals surface area contributed by atoms with E-state index in [9.17, 15) is 9.90 Å². The van der Waals surface area contributed by atoms with Gasteiger partial charge in [-0.05, 0) is 31.0 Å². The lowest BCUT2D eigenvalue weighted by Gasteiger charge is -2.29. The van der Waals surface area contributed by atoms with E-state index in [1.54, 1.807) is 36.7 Å². The van der Waals surface area contributed by atoms with Gasteiger partial charge in [0.1, 0.15) is 12.4 Å². The lowest BCUT2D eigenvalue weighted by Crippen LogP contribution is -2.45. The van der Waals surface area contributed by atoms with Crippen molar-refractivity contribution in [2.45, 2.75) is 39.4 Å². The van der Waals surface area contributed by atoms with Crippen LogP contribution in [-0.4, -0.2) is 28.1 Å². The summed E-state index contributed by atoms with van der Waals surface area (Å²) in [5.41, 5.74) is 2.19. The number of benzene rings is 1. The zero-order valence-corrected chi connectivity index (χ0v) is 15.1. The number of nitrogens with zero attached hydrogens (tertiary/aromatic N) is 1. The monoisotopic (exact) mass is 348 g/mol. The van der Waals surface area contributed by atoms with Crippen molar-refractivity contribution in [3.63, 3.8) is 0 Å². The molecular weight excluding hydrogens is 324 g/mol. The summed E-state index contributed by atoms with van der Waals surface area (Å²) < 4.78 is 5.66. The van der Waals surface area contributed by atoms with Crippen molar-refractivity contribution in [3.05, 3.63) is 46.4 Å². The zero-order chi connectivity index (χ0) is 17.6. The minimum Gasteiger partial charge on any atom is -0.487 e. The molecule has 0 aliphatic carbocycles. The number of amides is 1. The van der Waals surface area contributed by atoms with Gasteiger partial charge in [-0.1, -0.05) is 26.3 Å². The summed E-state index contributed by atoms with van der Waals surface area (Å²) in [5, 5.41) is 15.1. The molecule has 0 spiro atoms. The molecule has 24 heavy (non-hydrogen) atoms. The fraction of sp³-hybridized carbons (Fsp3) is 0.444. The molecule has 0 saturated carbocycles. The number of aromatic nitrogens is 1. The van der Waals surface area contributed by atoms with Crippen LogP contribution in [0, 0.1) is 5.92 Å². The molecule has 0 bridgehead atoms. The summed E-state index contributed by atoms with van der Waals surface area (Å²) in [4.78, 5) is 16.5. The normalized spacial score (nSPS) is 14.7. The topological polar surface area (TPSA) is 71.5 Å². The van der Waals surface area contributed by atoms with Gasteiger partial charge >= 0.3 is 0 Å². The number of rotatable bonds is 8. The highest BCUT2D eigenvalue weighted by molar-refractivity contribution is 7.07. The van der Waals surface area contributed by atoms with Crippen LogP contribution in [0.25, 0.3) is 0 Å². The van der Waals surface area contributed by atoms with Crippen LogP contribution in [0.2, 0.25) is 0 Å². The number of aliphatic hydroxyl groups is 1. The number of carbonyl (C=O) groups excluding carboxylic acids is 1. The van der Waals surface area contributed by atoms with Gasteiger partial charge in [0, 0.05) is 17.5 Å². The van der Waals surface area contributed by atoms with E-state index in [4.69, 9.17) is 4.74 Å². The highest BCUT2D eigenvalue weighted by atomic mass is 32.1. The van der Waals surface area contributed by atoms with Crippen molar-refractivity contribution in [2.24, 2.45) is 5.92 Å². The summed E-state index contributed by atoms with van der Waals surface area (Å²) >= 11 is 1.52. The fourth-order valence-corrected chi connectivity index (χ4v) is 2.71. The van der Waals surface area contributed by atoms with E-state index in [0.29, 0.717) is 17.9 Å². The van der Waals surface area contributed by atoms with Gasteiger partial charge in [-0.2, -0.15) is 0 Å². The maximum atomic E-state index is 12.3. The van der Waals surface area contributed by atoms with Crippen molar-refractivity contribution in [1.29, 1.82) is 0 Å². The Kier molecular flexibility index (Phi) is 6.34. The molecule has 0 saturated heterocycles. The fourth-order valence-electron chi connectivity index (χ4n) is 2.17. The Morgan fingerprint density at radius 3 is 2.96 bits per heavy atom. The molecule has 5 nitrogen and oxygen atoms in total. The van der Waals surface area contributed by atoms with Crippen LogP contribution in [0.15, 0.2) is 35.2 Å². The van der Waals surface area contributed by atoms with Crippen molar-refractivity contribution in [1.82, 2.24) is 10.3 Å². The van der Waals surface area contributed by atoms with E-state index in [0.717, 1.165) is 12.1 Å². The van der Waals surface area contributed by atoms with Crippen LogP contribution in [0.4, 0.5) is 0 Å². The molecule has 0 aliphatic rings. The van der Waals surface area contributed by atoms with Gasteiger partial charge in [-0.15, -0.1) is 11.3 Å². The summed E-state index contributed by atoms with van der Waals surface area (Å²) in [5.74, 6) is 0.493. The van der Waals surface area contributed by atoms with Crippen molar-refractivity contribution in [2.75, 3.05) is 6.54 Å². The predicted octanol–water partition coefficient (Wildman–Crippen LogP) is 3.25. The van der Waals surface area contributed by atoms with Crippen molar-refractivity contribution in [3.8, 4) is 5.75 Å². The smallest absolute Gasteiger partial charge is 0.251 e. The minimum absolute atomic E-state index is 0.102. The first-order chi connectivity index (χ1) is 11.4. The summed E-state index contributed by atoms with van der Waals surface area (Å²) in [6.45, 7) is 6.32. The molecule has 1 aromatic carbocycles. The summed E-state index contributed by atoms with van der Waals surface area (Å²) in [7, 11) is 0. The molecule has 1 aromatic heterocycles. The van der Waals surface area contributed by atoms with Crippen molar-refractivity contribution < 1.29 is 14.6 Å². The van der Waals surface area contributed by atoms with Crippen molar-refractivity contribution >= 4 is 17.2 Å². The number of hydrogen-bond donors (Lipinski definition) is 2. The predicted molar refractivity (Wildman–Crippen MR) is 95.3 cm³/mol. The van der Waals surface area contributed by atoms with E-state index in [2.05, 4.69) is 10.3 Å². The Balaban J connectivity index is 1.93. The van der Waals surface area contributed by atoms with E-state index in [-0.39, 0.29) is 18.4 Å². The SMILES string of the molecule is CCC(C)C(C)(O)CNC(=O)c1cccc(OCc2cscn2)c1. The molecule has 0 radical (unpaired) electrons. The third kappa shape index (κ3) is 5.04. The van der Waals surface area contributed by atoms with Gasteiger partial charge in [0.25, 0.3) is 5.91 Å². The van der Waals surface area contributed by atoms with E-state index < -0.39 is 5.60 Å². The molecule has 0 aliphatic heterocycles. The average Bonchev–Trinajstić information content (AvgIpc) is 3.11. The molecule has 2 N–H and O–H groups in total. The van der Waals surface area contributed by atoms with E-state index in [1.165, 1.54) is 11.3 Å². The first-order valence-electron chi connectivity index (χ1n) is 8.03. The van der Waals surface area contributed by atoms with E-state index in [1.807, 2.05) is 19.2 Å². The lowest BCUT2D eigenvalue weighted by molar-refractivity contribution is 0.00592. The third-order valence-electron chi connectivity index (χ3n) is 4.25. The number of carbonyl (C=O) groups is 1. The van der Waals surface area contributed by atoms with Gasteiger partial charge in [0.15, 0.2) is 0 Å². The van der Waals surface area contributed by atoms with Gasteiger partial charge in [-0.3, -0.25) is 4.79 Å². The van der Waals surface area contributed by atoms with Crippen LogP contribution in [0.1, 0.15) is 43.2 Å². The average molecular weight is 348 g/mol. The molecule has 2 rings (SSSR count). The Bertz CT molecular complexity index is 656. The van der Waals surface area contributed by atoms with Crippen LogP contribution >= 0.6 is 11.3 Å². The van der Waals surface area contributed by atoms with Crippen LogP contribution in [0.3, 0.4) is 0 Å². The second-order valence-corrected chi connectivity index (χ2v) is 6.86. The first-order valence-corrected chi connectivity index (χ1v) is 8.97. The Morgan fingerprint density at radius 1 is 1.50 bits per heavy atom. The quantitative estimate of drug-likeness (QED) is 0.768. The van der Waals surface area contributed by atoms with Crippen LogP contribution in [0.5, 0.6) is 5.75 Å². The third-order valence-corrected chi connectivity index (χ3v) is 4.88. The molecule has 1 heterocycles. The molecular formula is C18H24N2O3S. The molecule has 0 fully saturated rings. The summed E-state index contributed by atoms with van der Waals surface area (Å²) in [6.07, 6.45) is 0.850. The van der Waals surface area contributed by atoms with Gasteiger partial charge in [0.05, 0.1) is 16.8 Å². The lowest BCUT2D eigenvalue weighted by atomic mass is 9.88. The molecule has 2 aromatic rings. The van der Waals surface area contributed by atoms with Gasteiger partial charge in [0.2, 0.25) is 0 Å².